The molecule has 2 aromatic rings. The fraction of sp³-hybridized carbons (Fsp3) is 0.455. The third kappa shape index (κ3) is 2.75. The molecule has 0 aliphatic carbocycles. The Morgan fingerprint density at radius 3 is 2.71 bits per heavy atom. The molecule has 0 aliphatic heterocycles. The Bertz CT molecular complexity index is 515. The molecule has 0 saturated carbocycles. The zero-order valence-corrected chi connectivity index (χ0v) is 12.3. The van der Waals surface area contributed by atoms with Crippen LogP contribution >= 0.6 is 27.3 Å². The Labute approximate surface area is 112 Å². The van der Waals surface area contributed by atoms with Crippen molar-refractivity contribution in [3.05, 3.63) is 21.1 Å². The molecule has 0 spiro atoms. The fourth-order valence-electron chi connectivity index (χ4n) is 1.29. The third-order valence-corrected chi connectivity index (χ3v) is 3.97. The van der Waals surface area contributed by atoms with Crippen LogP contribution in [0.1, 0.15) is 32.6 Å². The van der Waals surface area contributed by atoms with Gasteiger partial charge in [-0.3, -0.25) is 0 Å². The van der Waals surface area contributed by atoms with Crippen LogP contribution in [0.4, 0.5) is 0 Å². The van der Waals surface area contributed by atoms with E-state index in [9.17, 15) is 0 Å². The maximum Gasteiger partial charge on any atom is 0.258 e. The molecule has 1 atom stereocenters. The second kappa shape index (κ2) is 4.51. The van der Waals surface area contributed by atoms with E-state index in [1.54, 1.807) is 11.3 Å². The Hall–Kier alpha value is -0.720. The van der Waals surface area contributed by atoms with Gasteiger partial charge in [0.1, 0.15) is 0 Å². The molecular formula is C11H14BrN3OS. The summed E-state index contributed by atoms with van der Waals surface area (Å²) in [6.07, 6.45) is 0. The number of rotatable bonds is 2. The summed E-state index contributed by atoms with van der Waals surface area (Å²) in [4.78, 5) is 4.34. The minimum absolute atomic E-state index is 0.0869. The van der Waals surface area contributed by atoms with Gasteiger partial charge in [0.2, 0.25) is 0 Å². The molecule has 2 aromatic heterocycles. The molecule has 1 unspecified atom stereocenters. The monoisotopic (exact) mass is 315 g/mol. The summed E-state index contributed by atoms with van der Waals surface area (Å²) >= 11 is 4.98. The second-order valence-corrected chi connectivity index (χ2v) is 7.23. The van der Waals surface area contributed by atoms with Crippen molar-refractivity contribution >= 4 is 27.3 Å². The van der Waals surface area contributed by atoms with Crippen molar-refractivity contribution in [2.75, 3.05) is 0 Å². The highest BCUT2D eigenvalue weighted by molar-refractivity contribution is 9.11. The first kappa shape index (κ1) is 12.7. The maximum absolute atomic E-state index is 6.08. The molecule has 0 aromatic carbocycles. The molecule has 4 nitrogen and oxygen atoms in total. The molecule has 92 valence electrons. The Balaban J connectivity index is 2.28. The first-order valence-corrected chi connectivity index (χ1v) is 6.89. The van der Waals surface area contributed by atoms with E-state index >= 15 is 0 Å². The van der Waals surface area contributed by atoms with Crippen molar-refractivity contribution in [1.82, 2.24) is 10.1 Å². The van der Waals surface area contributed by atoms with Gasteiger partial charge in [-0.25, -0.2) is 0 Å². The normalized spacial score (nSPS) is 13.9. The second-order valence-electron chi connectivity index (χ2n) is 4.94. The predicted molar refractivity (Wildman–Crippen MR) is 71.7 cm³/mol. The van der Waals surface area contributed by atoms with Crippen molar-refractivity contribution in [2.24, 2.45) is 11.1 Å². The molecule has 0 saturated heterocycles. The van der Waals surface area contributed by atoms with Gasteiger partial charge in [-0.2, -0.15) is 4.98 Å². The average Bonchev–Trinajstić information content (AvgIpc) is 2.83. The predicted octanol–water partition coefficient (Wildman–Crippen LogP) is 3.61. The Morgan fingerprint density at radius 1 is 1.47 bits per heavy atom. The first-order valence-electron chi connectivity index (χ1n) is 5.21. The number of aromatic nitrogens is 2. The van der Waals surface area contributed by atoms with Crippen LogP contribution in [-0.4, -0.2) is 10.1 Å². The largest absolute Gasteiger partial charge is 0.334 e. The zero-order valence-electron chi connectivity index (χ0n) is 9.90. The quantitative estimate of drug-likeness (QED) is 0.919. The van der Waals surface area contributed by atoms with Gasteiger partial charge in [0.15, 0.2) is 5.82 Å². The molecule has 0 fully saturated rings. The maximum atomic E-state index is 6.08. The minimum atomic E-state index is -0.234. The Morgan fingerprint density at radius 2 is 2.18 bits per heavy atom. The molecule has 2 rings (SSSR count). The molecule has 0 radical (unpaired) electrons. The number of hydrogen-bond donors (Lipinski definition) is 1. The summed E-state index contributed by atoms with van der Waals surface area (Å²) < 4.78 is 6.26. The molecule has 0 amide bonds. The van der Waals surface area contributed by atoms with Crippen LogP contribution < -0.4 is 5.73 Å². The van der Waals surface area contributed by atoms with Crippen LogP contribution in [0.2, 0.25) is 0 Å². The lowest BCUT2D eigenvalue weighted by atomic mass is 9.87. The highest BCUT2D eigenvalue weighted by Gasteiger charge is 2.27. The van der Waals surface area contributed by atoms with Gasteiger partial charge in [-0.1, -0.05) is 25.9 Å². The standard InChI is InChI=1S/C11H14BrN3OS/c1-11(2,3)8(13)9-14-10(16-15-9)6-4-7(12)17-5-6/h4-5,8H,13H2,1-3H3. The van der Waals surface area contributed by atoms with Crippen molar-refractivity contribution in [3.63, 3.8) is 0 Å². The van der Waals surface area contributed by atoms with E-state index in [-0.39, 0.29) is 11.5 Å². The van der Waals surface area contributed by atoms with Crippen LogP contribution in [0.25, 0.3) is 11.5 Å². The summed E-state index contributed by atoms with van der Waals surface area (Å²) in [6.45, 7) is 6.15. The van der Waals surface area contributed by atoms with Gasteiger partial charge in [0.05, 0.1) is 15.4 Å². The van der Waals surface area contributed by atoms with Gasteiger partial charge in [0.25, 0.3) is 5.89 Å². The SMILES string of the molecule is CC(C)(C)C(N)c1noc(-c2csc(Br)c2)n1. The van der Waals surface area contributed by atoms with E-state index in [1.165, 1.54) is 0 Å². The van der Waals surface area contributed by atoms with E-state index in [2.05, 4.69) is 46.8 Å². The highest BCUT2D eigenvalue weighted by atomic mass is 79.9. The van der Waals surface area contributed by atoms with E-state index < -0.39 is 0 Å². The van der Waals surface area contributed by atoms with E-state index in [0.29, 0.717) is 11.7 Å². The number of thiophene rings is 1. The fourth-order valence-corrected chi connectivity index (χ4v) is 2.42. The van der Waals surface area contributed by atoms with Crippen LogP contribution in [0.15, 0.2) is 19.8 Å². The van der Waals surface area contributed by atoms with Crippen LogP contribution in [0.3, 0.4) is 0 Å². The van der Waals surface area contributed by atoms with E-state index in [1.807, 2.05) is 11.4 Å². The lowest BCUT2D eigenvalue weighted by Crippen LogP contribution is -2.27. The van der Waals surface area contributed by atoms with E-state index in [4.69, 9.17) is 10.3 Å². The van der Waals surface area contributed by atoms with Crippen LogP contribution in [0.5, 0.6) is 0 Å². The van der Waals surface area contributed by atoms with Gasteiger partial charge in [-0.15, -0.1) is 11.3 Å². The summed E-state index contributed by atoms with van der Waals surface area (Å²) in [5.74, 6) is 1.07. The van der Waals surface area contributed by atoms with Crippen LogP contribution in [0, 0.1) is 5.41 Å². The summed E-state index contributed by atoms with van der Waals surface area (Å²) in [5, 5.41) is 5.91. The van der Waals surface area contributed by atoms with Gasteiger partial charge >= 0.3 is 0 Å². The van der Waals surface area contributed by atoms with Gasteiger partial charge in [0, 0.05) is 5.38 Å². The average molecular weight is 316 g/mol. The van der Waals surface area contributed by atoms with Crippen molar-refractivity contribution in [3.8, 4) is 11.5 Å². The van der Waals surface area contributed by atoms with E-state index in [0.717, 1.165) is 9.35 Å². The lowest BCUT2D eigenvalue weighted by Gasteiger charge is -2.23. The summed E-state index contributed by atoms with van der Waals surface area (Å²) in [7, 11) is 0. The molecule has 2 N–H and O–H groups in total. The third-order valence-electron chi connectivity index (χ3n) is 2.47. The highest BCUT2D eigenvalue weighted by Crippen LogP contribution is 2.32. The minimum Gasteiger partial charge on any atom is -0.334 e. The zero-order chi connectivity index (χ0) is 12.6. The van der Waals surface area contributed by atoms with Crippen LogP contribution in [-0.2, 0) is 0 Å². The number of nitrogens with zero attached hydrogens (tertiary/aromatic N) is 2. The number of halogens is 1. The molecule has 2 heterocycles. The smallest absolute Gasteiger partial charge is 0.258 e. The van der Waals surface area contributed by atoms with Gasteiger partial charge < -0.3 is 10.3 Å². The molecule has 6 heteroatoms. The van der Waals surface area contributed by atoms with Gasteiger partial charge in [-0.05, 0) is 27.4 Å². The topological polar surface area (TPSA) is 64.9 Å². The lowest BCUT2D eigenvalue weighted by molar-refractivity contribution is 0.303. The molecule has 0 aliphatic rings. The first-order chi connectivity index (χ1) is 7.88. The summed E-state index contributed by atoms with van der Waals surface area (Å²) in [6, 6.07) is 1.71. The van der Waals surface area contributed by atoms with Crippen molar-refractivity contribution < 1.29 is 4.52 Å². The number of nitrogens with two attached hydrogens (primary N) is 1. The summed E-state index contributed by atoms with van der Waals surface area (Å²) in [5.41, 5.74) is 6.91. The molecule has 17 heavy (non-hydrogen) atoms. The molecule has 0 bridgehead atoms. The Kier molecular flexibility index (Phi) is 3.38. The van der Waals surface area contributed by atoms with Crippen molar-refractivity contribution in [2.45, 2.75) is 26.8 Å². The van der Waals surface area contributed by atoms with Crippen molar-refractivity contribution in [1.29, 1.82) is 0 Å². The number of hydrogen-bond acceptors (Lipinski definition) is 5. The molecular weight excluding hydrogens is 302 g/mol.